The highest BCUT2D eigenvalue weighted by molar-refractivity contribution is 5.98. The molecule has 5 nitrogen and oxygen atoms in total. The maximum Gasteiger partial charge on any atom is 0.337 e. The van der Waals surface area contributed by atoms with Crippen molar-refractivity contribution in [2.45, 2.75) is 6.04 Å². The molecular weight excluding hydrogens is 388 g/mol. The molecule has 0 aromatic heterocycles. The molecule has 4 rings (SSSR count). The highest BCUT2D eigenvalue weighted by atomic mass is 16.5. The van der Waals surface area contributed by atoms with E-state index in [1.165, 1.54) is 18.2 Å². The number of benzene rings is 3. The Balaban J connectivity index is 1.49. The lowest BCUT2D eigenvalue weighted by Crippen LogP contribution is -2.49. The number of carbonyl (C=O) groups is 2. The highest BCUT2D eigenvalue weighted by Gasteiger charge is 2.28. The van der Waals surface area contributed by atoms with Crippen LogP contribution >= 0.6 is 0 Å². The molecule has 0 aliphatic carbocycles. The van der Waals surface area contributed by atoms with Gasteiger partial charge in [-0.1, -0.05) is 66.7 Å². The number of ether oxygens (including phenoxy) is 1. The second-order valence-electron chi connectivity index (χ2n) is 7.62. The smallest absolute Gasteiger partial charge is 0.337 e. The SMILES string of the molecule is COC(=O)c1cccc(C(=O)N2CCN(C(c3ccccc3)c3ccccc3)CC2)c1. The Morgan fingerprint density at radius 3 is 1.84 bits per heavy atom. The number of methoxy groups -OCH3 is 1. The molecule has 1 aliphatic heterocycles. The third-order valence-electron chi connectivity index (χ3n) is 5.73. The first-order chi connectivity index (χ1) is 15.2. The van der Waals surface area contributed by atoms with Gasteiger partial charge in [-0.05, 0) is 29.3 Å². The second-order valence-corrected chi connectivity index (χ2v) is 7.62. The summed E-state index contributed by atoms with van der Waals surface area (Å²) in [5, 5.41) is 0. The Hall–Kier alpha value is -3.44. The summed E-state index contributed by atoms with van der Waals surface area (Å²) in [6.07, 6.45) is 0. The van der Waals surface area contributed by atoms with Gasteiger partial charge in [-0.25, -0.2) is 4.79 Å². The van der Waals surface area contributed by atoms with Crippen LogP contribution in [0.15, 0.2) is 84.9 Å². The summed E-state index contributed by atoms with van der Waals surface area (Å²) >= 11 is 0. The molecule has 0 N–H and O–H groups in total. The van der Waals surface area contributed by atoms with E-state index in [2.05, 4.69) is 53.4 Å². The molecule has 1 fully saturated rings. The van der Waals surface area contributed by atoms with Gasteiger partial charge in [-0.2, -0.15) is 0 Å². The zero-order chi connectivity index (χ0) is 21.6. The van der Waals surface area contributed by atoms with Gasteiger partial charge in [0.25, 0.3) is 5.91 Å². The fourth-order valence-corrected chi connectivity index (χ4v) is 4.15. The first-order valence-electron chi connectivity index (χ1n) is 10.5. The molecule has 1 saturated heterocycles. The lowest BCUT2D eigenvalue weighted by Gasteiger charge is -2.39. The summed E-state index contributed by atoms with van der Waals surface area (Å²) in [6.45, 7) is 2.82. The van der Waals surface area contributed by atoms with Crippen LogP contribution in [0, 0.1) is 0 Å². The van der Waals surface area contributed by atoms with Crippen LogP contribution in [0.1, 0.15) is 37.9 Å². The van der Waals surface area contributed by atoms with Crippen LogP contribution in [0.4, 0.5) is 0 Å². The maximum absolute atomic E-state index is 13.0. The first kappa shape index (κ1) is 20.8. The van der Waals surface area contributed by atoms with Crippen LogP contribution in [0.5, 0.6) is 0 Å². The quantitative estimate of drug-likeness (QED) is 0.592. The van der Waals surface area contributed by atoms with Gasteiger partial charge >= 0.3 is 5.97 Å². The summed E-state index contributed by atoms with van der Waals surface area (Å²) in [4.78, 5) is 29.1. The molecule has 158 valence electrons. The molecule has 0 unspecified atom stereocenters. The predicted octanol–water partition coefficient (Wildman–Crippen LogP) is 4.02. The van der Waals surface area contributed by atoms with Crippen LogP contribution in [0.2, 0.25) is 0 Å². The molecule has 1 amide bonds. The molecule has 1 heterocycles. The average Bonchev–Trinajstić information content (AvgIpc) is 2.85. The van der Waals surface area contributed by atoms with E-state index >= 15 is 0 Å². The van der Waals surface area contributed by atoms with Crippen molar-refractivity contribution in [3.63, 3.8) is 0 Å². The number of piperazine rings is 1. The largest absolute Gasteiger partial charge is 0.465 e. The maximum atomic E-state index is 13.0. The monoisotopic (exact) mass is 414 g/mol. The number of amides is 1. The summed E-state index contributed by atoms with van der Waals surface area (Å²) < 4.78 is 4.77. The van der Waals surface area contributed by atoms with Gasteiger partial charge in [0.15, 0.2) is 0 Å². The minimum Gasteiger partial charge on any atom is -0.465 e. The average molecular weight is 415 g/mol. The van der Waals surface area contributed by atoms with Gasteiger partial charge in [0.1, 0.15) is 0 Å². The zero-order valence-corrected chi connectivity index (χ0v) is 17.6. The van der Waals surface area contributed by atoms with E-state index in [0.717, 1.165) is 13.1 Å². The number of hydrogen-bond acceptors (Lipinski definition) is 4. The van der Waals surface area contributed by atoms with Crippen LogP contribution < -0.4 is 0 Å². The molecule has 0 spiro atoms. The predicted molar refractivity (Wildman–Crippen MR) is 120 cm³/mol. The number of carbonyl (C=O) groups excluding carboxylic acids is 2. The van der Waals surface area contributed by atoms with Crippen molar-refractivity contribution < 1.29 is 14.3 Å². The van der Waals surface area contributed by atoms with Crippen molar-refractivity contribution in [2.24, 2.45) is 0 Å². The molecule has 0 radical (unpaired) electrons. The third kappa shape index (κ3) is 4.67. The Kier molecular flexibility index (Phi) is 6.43. The number of esters is 1. The van der Waals surface area contributed by atoms with Crippen LogP contribution in [-0.2, 0) is 4.74 Å². The summed E-state index contributed by atoms with van der Waals surface area (Å²) in [6, 6.07) is 27.9. The lowest BCUT2D eigenvalue weighted by molar-refractivity contribution is 0.0596. The fraction of sp³-hybridized carbons (Fsp3) is 0.231. The topological polar surface area (TPSA) is 49.9 Å². The number of rotatable bonds is 5. The molecule has 3 aromatic carbocycles. The molecule has 31 heavy (non-hydrogen) atoms. The normalized spacial score (nSPS) is 14.5. The Morgan fingerprint density at radius 2 is 1.29 bits per heavy atom. The fourth-order valence-electron chi connectivity index (χ4n) is 4.15. The molecular formula is C26H26N2O3. The molecule has 0 saturated carbocycles. The van der Waals surface area contributed by atoms with Crippen LogP contribution in [0.25, 0.3) is 0 Å². The molecule has 0 bridgehead atoms. The number of nitrogens with zero attached hydrogens (tertiary/aromatic N) is 2. The summed E-state index contributed by atoms with van der Waals surface area (Å²) in [7, 11) is 1.34. The minimum atomic E-state index is -0.437. The Labute approximate surface area is 182 Å². The van der Waals surface area contributed by atoms with Gasteiger partial charge in [0.2, 0.25) is 0 Å². The van der Waals surface area contributed by atoms with E-state index in [4.69, 9.17) is 4.74 Å². The van der Waals surface area contributed by atoms with E-state index in [-0.39, 0.29) is 11.9 Å². The second kappa shape index (κ2) is 9.58. The first-order valence-corrected chi connectivity index (χ1v) is 10.5. The van der Waals surface area contributed by atoms with E-state index in [1.54, 1.807) is 24.3 Å². The van der Waals surface area contributed by atoms with E-state index in [1.807, 2.05) is 17.0 Å². The molecule has 3 aromatic rings. The third-order valence-corrected chi connectivity index (χ3v) is 5.73. The molecule has 0 atom stereocenters. The van der Waals surface area contributed by atoms with E-state index in [9.17, 15) is 9.59 Å². The van der Waals surface area contributed by atoms with Crippen LogP contribution in [-0.4, -0.2) is 55.0 Å². The van der Waals surface area contributed by atoms with Crippen LogP contribution in [0.3, 0.4) is 0 Å². The van der Waals surface area contributed by atoms with E-state index in [0.29, 0.717) is 24.2 Å². The highest BCUT2D eigenvalue weighted by Crippen LogP contribution is 2.29. The standard InChI is InChI=1S/C26H26N2O3/c1-31-26(30)23-14-8-13-22(19-23)25(29)28-17-15-27(16-18-28)24(20-9-4-2-5-10-20)21-11-6-3-7-12-21/h2-14,19,24H,15-18H2,1H3. The van der Waals surface area contributed by atoms with Crippen molar-refractivity contribution in [1.29, 1.82) is 0 Å². The summed E-state index contributed by atoms with van der Waals surface area (Å²) in [5.41, 5.74) is 3.40. The van der Waals surface area contributed by atoms with Crippen molar-refractivity contribution >= 4 is 11.9 Å². The van der Waals surface area contributed by atoms with Gasteiger partial charge < -0.3 is 9.64 Å². The molecule has 1 aliphatic rings. The number of hydrogen-bond donors (Lipinski definition) is 0. The van der Waals surface area contributed by atoms with E-state index < -0.39 is 5.97 Å². The summed E-state index contributed by atoms with van der Waals surface area (Å²) in [5.74, 6) is -0.491. The van der Waals surface area contributed by atoms with Crippen molar-refractivity contribution in [1.82, 2.24) is 9.80 Å². The molecule has 5 heteroatoms. The van der Waals surface area contributed by atoms with Crippen molar-refractivity contribution in [3.05, 3.63) is 107 Å². The van der Waals surface area contributed by atoms with Gasteiger partial charge in [-0.3, -0.25) is 9.69 Å². The van der Waals surface area contributed by atoms with Gasteiger partial charge in [-0.15, -0.1) is 0 Å². The van der Waals surface area contributed by atoms with Crippen molar-refractivity contribution in [2.75, 3.05) is 33.3 Å². The van der Waals surface area contributed by atoms with Gasteiger partial charge in [0, 0.05) is 31.7 Å². The Bertz CT molecular complexity index is 989. The zero-order valence-electron chi connectivity index (χ0n) is 17.6. The lowest BCUT2D eigenvalue weighted by atomic mass is 9.96. The Morgan fingerprint density at radius 1 is 0.742 bits per heavy atom. The van der Waals surface area contributed by atoms with Crippen molar-refractivity contribution in [3.8, 4) is 0 Å². The van der Waals surface area contributed by atoms with Gasteiger partial charge in [0.05, 0.1) is 18.7 Å². The minimum absolute atomic E-state index is 0.0543.